The predicted octanol–water partition coefficient (Wildman–Crippen LogP) is 4.47. The molecule has 0 radical (unpaired) electrons. The first kappa shape index (κ1) is 12.2. The summed E-state index contributed by atoms with van der Waals surface area (Å²) in [5.41, 5.74) is 1.16. The van der Waals surface area contributed by atoms with Crippen LogP contribution in [0.2, 0.25) is 5.02 Å². The standard InChI is InChI=1S/C13H15BrClN/c1-9(16-11-4-2-3-5-11)12-7-6-10(14)8-13(12)15/h2-3,6-9,11,16H,4-5H2,1H3. The van der Waals surface area contributed by atoms with E-state index >= 15 is 0 Å². The van der Waals surface area contributed by atoms with Gasteiger partial charge in [-0.25, -0.2) is 0 Å². The number of nitrogens with one attached hydrogen (secondary N) is 1. The average molecular weight is 301 g/mol. The maximum absolute atomic E-state index is 6.22. The fourth-order valence-corrected chi connectivity index (χ4v) is 2.89. The first-order chi connectivity index (χ1) is 7.66. The van der Waals surface area contributed by atoms with E-state index in [0.717, 1.165) is 27.9 Å². The van der Waals surface area contributed by atoms with E-state index < -0.39 is 0 Å². The van der Waals surface area contributed by atoms with Crippen LogP contribution in [0.5, 0.6) is 0 Å². The fourth-order valence-electron chi connectivity index (χ4n) is 2.05. The Morgan fingerprint density at radius 3 is 2.69 bits per heavy atom. The Kier molecular flexibility index (Phi) is 4.06. The van der Waals surface area contributed by atoms with Crippen molar-refractivity contribution < 1.29 is 0 Å². The van der Waals surface area contributed by atoms with Gasteiger partial charge in [0.05, 0.1) is 0 Å². The molecule has 1 aromatic carbocycles. The maximum atomic E-state index is 6.22. The van der Waals surface area contributed by atoms with Crippen LogP contribution in [-0.2, 0) is 0 Å². The highest BCUT2D eigenvalue weighted by atomic mass is 79.9. The Labute approximate surface area is 110 Å². The predicted molar refractivity (Wildman–Crippen MR) is 72.9 cm³/mol. The summed E-state index contributed by atoms with van der Waals surface area (Å²) in [5, 5.41) is 4.41. The Morgan fingerprint density at radius 2 is 2.06 bits per heavy atom. The van der Waals surface area contributed by atoms with Crippen LogP contribution in [-0.4, -0.2) is 6.04 Å². The molecule has 0 saturated carbocycles. The minimum atomic E-state index is 0.297. The van der Waals surface area contributed by atoms with Gasteiger partial charge in [-0.3, -0.25) is 0 Å². The molecule has 2 rings (SSSR count). The highest BCUT2D eigenvalue weighted by Crippen LogP contribution is 2.27. The van der Waals surface area contributed by atoms with Crippen molar-refractivity contribution in [1.29, 1.82) is 0 Å². The molecule has 0 bridgehead atoms. The van der Waals surface area contributed by atoms with Crippen molar-refractivity contribution in [2.24, 2.45) is 0 Å². The quantitative estimate of drug-likeness (QED) is 0.812. The smallest absolute Gasteiger partial charge is 0.0464 e. The molecule has 0 spiro atoms. The molecule has 1 aliphatic rings. The van der Waals surface area contributed by atoms with Crippen molar-refractivity contribution in [3.8, 4) is 0 Å². The maximum Gasteiger partial charge on any atom is 0.0464 e. The topological polar surface area (TPSA) is 12.0 Å². The SMILES string of the molecule is CC(NC1CC=CC1)c1ccc(Br)cc1Cl. The summed E-state index contributed by atoms with van der Waals surface area (Å²) >= 11 is 9.64. The second-order valence-electron chi connectivity index (χ2n) is 4.19. The Bertz CT molecular complexity index is 395. The molecule has 0 fully saturated rings. The van der Waals surface area contributed by atoms with E-state index in [1.165, 1.54) is 0 Å². The minimum absolute atomic E-state index is 0.297. The van der Waals surface area contributed by atoms with Crippen molar-refractivity contribution in [2.45, 2.75) is 31.8 Å². The zero-order valence-corrected chi connectivity index (χ0v) is 11.6. The number of hydrogen-bond donors (Lipinski definition) is 1. The lowest BCUT2D eigenvalue weighted by atomic mass is 10.1. The van der Waals surface area contributed by atoms with E-state index in [2.05, 4.69) is 46.4 Å². The van der Waals surface area contributed by atoms with Crippen LogP contribution in [0.3, 0.4) is 0 Å². The summed E-state index contributed by atoms with van der Waals surface area (Å²) in [4.78, 5) is 0. The van der Waals surface area contributed by atoms with Gasteiger partial charge in [0.1, 0.15) is 0 Å². The van der Waals surface area contributed by atoms with Gasteiger partial charge >= 0.3 is 0 Å². The Morgan fingerprint density at radius 1 is 1.38 bits per heavy atom. The van der Waals surface area contributed by atoms with E-state index in [1.54, 1.807) is 0 Å². The van der Waals surface area contributed by atoms with Gasteiger partial charge in [-0.15, -0.1) is 0 Å². The van der Waals surface area contributed by atoms with Gasteiger partial charge in [0.2, 0.25) is 0 Å². The normalized spacial score (nSPS) is 17.9. The summed E-state index contributed by atoms with van der Waals surface area (Å²) in [7, 11) is 0. The third-order valence-electron chi connectivity index (χ3n) is 2.92. The second-order valence-corrected chi connectivity index (χ2v) is 5.52. The first-order valence-corrected chi connectivity index (χ1v) is 6.70. The molecule has 1 aliphatic carbocycles. The number of halogens is 2. The molecule has 16 heavy (non-hydrogen) atoms. The van der Waals surface area contributed by atoms with Crippen molar-refractivity contribution in [2.75, 3.05) is 0 Å². The molecule has 3 heteroatoms. The van der Waals surface area contributed by atoms with Crippen LogP contribution in [0.25, 0.3) is 0 Å². The van der Waals surface area contributed by atoms with Crippen molar-refractivity contribution in [1.82, 2.24) is 5.32 Å². The van der Waals surface area contributed by atoms with Gasteiger partial charge in [-0.1, -0.05) is 45.7 Å². The lowest BCUT2D eigenvalue weighted by molar-refractivity contribution is 0.471. The Balaban J connectivity index is 2.05. The van der Waals surface area contributed by atoms with Crippen LogP contribution in [0, 0.1) is 0 Å². The van der Waals surface area contributed by atoms with Gasteiger partial charge in [0, 0.05) is 21.6 Å². The van der Waals surface area contributed by atoms with Crippen LogP contribution in [0.4, 0.5) is 0 Å². The van der Waals surface area contributed by atoms with Gasteiger partial charge in [-0.2, -0.15) is 0 Å². The summed E-state index contributed by atoms with van der Waals surface area (Å²) in [6.45, 7) is 2.16. The van der Waals surface area contributed by atoms with Crippen molar-refractivity contribution >= 4 is 27.5 Å². The molecule has 1 atom stereocenters. The highest BCUT2D eigenvalue weighted by Gasteiger charge is 2.15. The largest absolute Gasteiger partial charge is 0.307 e. The molecule has 86 valence electrons. The van der Waals surface area contributed by atoms with Crippen molar-refractivity contribution in [3.63, 3.8) is 0 Å². The third kappa shape index (κ3) is 2.88. The van der Waals surface area contributed by atoms with E-state index in [0.29, 0.717) is 12.1 Å². The number of rotatable bonds is 3. The first-order valence-electron chi connectivity index (χ1n) is 5.53. The van der Waals surface area contributed by atoms with E-state index in [4.69, 9.17) is 11.6 Å². The lowest BCUT2D eigenvalue weighted by Crippen LogP contribution is -2.29. The van der Waals surface area contributed by atoms with Gasteiger partial charge in [0.25, 0.3) is 0 Å². The van der Waals surface area contributed by atoms with E-state index in [1.807, 2.05) is 12.1 Å². The van der Waals surface area contributed by atoms with Gasteiger partial charge < -0.3 is 5.32 Å². The zero-order valence-electron chi connectivity index (χ0n) is 9.21. The summed E-state index contributed by atoms with van der Waals surface area (Å²) in [5.74, 6) is 0. The lowest BCUT2D eigenvalue weighted by Gasteiger charge is -2.20. The average Bonchev–Trinajstić information content (AvgIpc) is 2.70. The number of hydrogen-bond acceptors (Lipinski definition) is 1. The molecule has 1 N–H and O–H groups in total. The molecule has 0 saturated heterocycles. The van der Waals surface area contributed by atoms with Gasteiger partial charge in [0.15, 0.2) is 0 Å². The van der Waals surface area contributed by atoms with E-state index in [-0.39, 0.29) is 0 Å². The van der Waals surface area contributed by atoms with E-state index in [9.17, 15) is 0 Å². The van der Waals surface area contributed by atoms with Crippen LogP contribution in [0.15, 0.2) is 34.8 Å². The summed E-state index contributed by atoms with van der Waals surface area (Å²) < 4.78 is 1.02. The molecule has 0 aromatic heterocycles. The summed E-state index contributed by atoms with van der Waals surface area (Å²) in [6, 6.07) is 6.92. The molecule has 1 aromatic rings. The fraction of sp³-hybridized carbons (Fsp3) is 0.385. The number of benzene rings is 1. The molecule has 0 amide bonds. The van der Waals surface area contributed by atoms with Crippen LogP contribution >= 0.6 is 27.5 Å². The van der Waals surface area contributed by atoms with Gasteiger partial charge in [-0.05, 0) is 37.5 Å². The Hall–Kier alpha value is -0.310. The van der Waals surface area contributed by atoms with Crippen LogP contribution < -0.4 is 5.32 Å². The monoisotopic (exact) mass is 299 g/mol. The molecule has 0 aliphatic heterocycles. The third-order valence-corrected chi connectivity index (χ3v) is 3.74. The molecular formula is C13H15BrClN. The molecule has 1 nitrogen and oxygen atoms in total. The summed E-state index contributed by atoms with van der Waals surface area (Å²) in [6.07, 6.45) is 6.71. The highest BCUT2D eigenvalue weighted by molar-refractivity contribution is 9.10. The minimum Gasteiger partial charge on any atom is -0.307 e. The second kappa shape index (κ2) is 5.35. The zero-order chi connectivity index (χ0) is 11.5. The molecule has 0 heterocycles. The van der Waals surface area contributed by atoms with Crippen LogP contribution in [0.1, 0.15) is 31.4 Å². The van der Waals surface area contributed by atoms with Crippen molar-refractivity contribution in [3.05, 3.63) is 45.4 Å². The molecule has 1 unspecified atom stereocenters. The molecular weight excluding hydrogens is 286 g/mol.